The third-order valence-corrected chi connectivity index (χ3v) is 4.25. The fourth-order valence-corrected chi connectivity index (χ4v) is 3.00. The summed E-state index contributed by atoms with van der Waals surface area (Å²) in [6.45, 7) is -1.50. The van der Waals surface area contributed by atoms with Crippen molar-refractivity contribution in [2.75, 3.05) is 13.7 Å². The minimum Gasteiger partial charge on any atom is -0.496 e. The molecule has 154 valence electrons. The van der Waals surface area contributed by atoms with Crippen molar-refractivity contribution < 1.29 is 31.6 Å². The first-order valence-electron chi connectivity index (χ1n) is 8.59. The number of halogens is 4. The summed E-state index contributed by atoms with van der Waals surface area (Å²) >= 11 is 0. The maximum atomic E-state index is 13.8. The van der Waals surface area contributed by atoms with E-state index in [2.05, 4.69) is 15.1 Å². The molecule has 0 saturated carbocycles. The van der Waals surface area contributed by atoms with Gasteiger partial charge in [0.15, 0.2) is 12.2 Å². The molecule has 0 aliphatic heterocycles. The SMILES string of the molecule is COc1ccc(F)cc1-c1noc2c(-c3cncnc3OCC(F)(F)F)cccc12. The fraction of sp³-hybridized carbons (Fsp3) is 0.150. The lowest BCUT2D eigenvalue weighted by atomic mass is 10.0. The van der Waals surface area contributed by atoms with E-state index in [-0.39, 0.29) is 17.0 Å². The standard InChI is InChI=1S/C20H13F4N3O3/c1-28-16-6-5-11(21)7-14(16)17-13-4-2-3-12(18(13)30-27-17)15-8-25-10-26-19(15)29-9-20(22,23)24/h2-8,10H,9H2,1H3. The largest absolute Gasteiger partial charge is 0.496 e. The fourth-order valence-electron chi connectivity index (χ4n) is 3.00. The molecule has 0 aliphatic rings. The number of benzene rings is 2. The minimum absolute atomic E-state index is 0.196. The summed E-state index contributed by atoms with van der Waals surface area (Å²) in [4.78, 5) is 7.68. The van der Waals surface area contributed by atoms with Crippen molar-refractivity contribution >= 4 is 11.0 Å². The Morgan fingerprint density at radius 2 is 1.90 bits per heavy atom. The highest BCUT2D eigenvalue weighted by Crippen LogP contribution is 2.40. The number of nitrogens with zero attached hydrogens (tertiary/aromatic N) is 3. The Morgan fingerprint density at radius 3 is 2.67 bits per heavy atom. The van der Waals surface area contributed by atoms with Gasteiger partial charge in [0.1, 0.15) is 23.6 Å². The molecular formula is C20H13F4N3O3. The Balaban J connectivity index is 1.84. The molecule has 2 aromatic carbocycles. The van der Waals surface area contributed by atoms with Crippen molar-refractivity contribution in [2.24, 2.45) is 0 Å². The molecule has 0 aliphatic carbocycles. The third-order valence-electron chi connectivity index (χ3n) is 4.25. The number of ether oxygens (including phenoxy) is 2. The van der Waals surface area contributed by atoms with Crippen molar-refractivity contribution in [3.05, 3.63) is 54.7 Å². The van der Waals surface area contributed by atoms with Crippen LogP contribution in [0.15, 0.2) is 53.4 Å². The smallest absolute Gasteiger partial charge is 0.422 e. The molecule has 0 unspecified atom stereocenters. The van der Waals surface area contributed by atoms with Crippen LogP contribution >= 0.6 is 0 Å². The maximum absolute atomic E-state index is 13.8. The average molecular weight is 419 g/mol. The van der Waals surface area contributed by atoms with Crippen LogP contribution in [0.4, 0.5) is 17.6 Å². The lowest BCUT2D eigenvalue weighted by Gasteiger charge is -2.11. The van der Waals surface area contributed by atoms with Crippen LogP contribution in [0.1, 0.15) is 0 Å². The van der Waals surface area contributed by atoms with Crippen LogP contribution < -0.4 is 9.47 Å². The Kier molecular flexibility index (Phi) is 4.98. The second kappa shape index (κ2) is 7.62. The molecule has 0 spiro atoms. The molecule has 0 saturated heterocycles. The Bertz CT molecular complexity index is 1210. The number of alkyl halides is 3. The van der Waals surface area contributed by atoms with Gasteiger partial charge in [-0.05, 0) is 24.3 Å². The molecule has 0 atom stereocenters. The van der Waals surface area contributed by atoms with E-state index in [1.807, 2.05) is 0 Å². The van der Waals surface area contributed by atoms with Gasteiger partial charge in [-0.2, -0.15) is 13.2 Å². The number of hydrogen-bond donors (Lipinski definition) is 0. The van der Waals surface area contributed by atoms with Gasteiger partial charge >= 0.3 is 6.18 Å². The van der Waals surface area contributed by atoms with Gasteiger partial charge in [-0.3, -0.25) is 0 Å². The monoisotopic (exact) mass is 419 g/mol. The van der Waals surface area contributed by atoms with Crippen molar-refractivity contribution in [1.82, 2.24) is 15.1 Å². The van der Waals surface area contributed by atoms with Gasteiger partial charge in [-0.25, -0.2) is 14.4 Å². The lowest BCUT2D eigenvalue weighted by molar-refractivity contribution is -0.154. The van der Waals surface area contributed by atoms with Crippen molar-refractivity contribution in [3.8, 4) is 34.0 Å². The molecule has 4 aromatic rings. The van der Waals surface area contributed by atoms with E-state index < -0.39 is 18.6 Å². The van der Waals surface area contributed by atoms with E-state index in [1.54, 1.807) is 18.2 Å². The van der Waals surface area contributed by atoms with Crippen LogP contribution in [0.2, 0.25) is 0 Å². The summed E-state index contributed by atoms with van der Waals surface area (Å²) in [6, 6.07) is 8.93. The summed E-state index contributed by atoms with van der Waals surface area (Å²) in [5.74, 6) is -0.359. The predicted octanol–water partition coefficient (Wildman–Crippen LogP) is 5.04. The number of methoxy groups -OCH3 is 1. The molecule has 30 heavy (non-hydrogen) atoms. The van der Waals surface area contributed by atoms with Gasteiger partial charge in [0.25, 0.3) is 0 Å². The zero-order chi connectivity index (χ0) is 21.3. The molecule has 0 N–H and O–H groups in total. The zero-order valence-electron chi connectivity index (χ0n) is 15.4. The summed E-state index contributed by atoms with van der Waals surface area (Å²) in [5, 5.41) is 4.53. The van der Waals surface area contributed by atoms with E-state index in [4.69, 9.17) is 14.0 Å². The van der Waals surface area contributed by atoms with Gasteiger partial charge in [-0.15, -0.1) is 0 Å². The lowest BCUT2D eigenvalue weighted by Crippen LogP contribution is -2.20. The van der Waals surface area contributed by atoms with E-state index in [0.717, 1.165) is 6.33 Å². The second-order valence-electron chi connectivity index (χ2n) is 6.20. The highest BCUT2D eigenvalue weighted by atomic mass is 19.4. The van der Waals surface area contributed by atoms with E-state index in [1.165, 1.54) is 31.5 Å². The molecule has 0 fully saturated rings. The van der Waals surface area contributed by atoms with E-state index in [9.17, 15) is 17.6 Å². The Morgan fingerprint density at radius 1 is 1.07 bits per heavy atom. The molecule has 0 amide bonds. The van der Waals surface area contributed by atoms with Crippen LogP contribution in [0.25, 0.3) is 33.4 Å². The summed E-state index contributed by atoms with van der Waals surface area (Å²) in [7, 11) is 1.44. The number of rotatable bonds is 5. The highest BCUT2D eigenvalue weighted by Gasteiger charge is 2.29. The quantitative estimate of drug-likeness (QED) is 0.422. The molecule has 0 bridgehead atoms. The van der Waals surface area contributed by atoms with Crippen LogP contribution in [0.3, 0.4) is 0 Å². The Hall–Kier alpha value is -3.69. The summed E-state index contributed by atoms with van der Waals surface area (Å²) < 4.78 is 67.2. The molecule has 2 heterocycles. The first-order valence-corrected chi connectivity index (χ1v) is 8.59. The van der Waals surface area contributed by atoms with E-state index >= 15 is 0 Å². The normalized spacial score (nSPS) is 11.6. The molecule has 0 radical (unpaired) electrons. The van der Waals surface area contributed by atoms with Crippen LogP contribution in [-0.4, -0.2) is 35.0 Å². The van der Waals surface area contributed by atoms with Gasteiger partial charge in [0.2, 0.25) is 5.88 Å². The molecule has 6 nitrogen and oxygen atoms in total. The number of para-hydroxylation sites is 1. The molecular weight excluding hydrogens is 406 g/mol. The summed E-state index contributed by atoms with van der Waals surface area (Å²) in [6.07, 6.45) is -2.13. The average Bonchev–Trinajstić information content (AvgIpc) is 3.16. The molecule has 10 heteroatoms. The number of hydrogen-bond acceptors (Lipinski definition) is 6. The first kappa shape index (κ1) is 19.6. The van der Waals surface area contributed by atoms with Crippen molar-refractivity contribution in [2.45, 2.75) is 6.18 Å². The van der Waals surface area contributed by atoms with Gasteiger partial charge in [-0.1, -0.05) is 17.3 Å². The van der Waals surface area contributed by atoms with Gasteiger partial charge in [0.05, 0.1) is 18.1 Å². The van der Waals surface area contributed by atoms with Crippen molar-refractivity contribution in [1.29, 1.82) is 0 Å². The predicted molar refractivity (Wildman–Crippen MR) is 98.5 cm³/mol. The zero-order valence-corrected chi connectivity index (χ0v) is 15.4. The first-order chi connectivity index (χ1) is 14.4. The van der Waals surface area contributed by atoms with Crippen LogP contribution in [-0.2, 0) is 0 Å². The topological polar surface area (TPSA) is 70.3 Å². The van der Waals surface area contributed by atoms with Gasteiger partial charge in [0, 0.05) is 17.3 Å². The Labute approximate surface area is 167 Å². The summed E-state index contributed by atoms with van der Waals surface area (Å²) in [5.41, 5.74) is 1.51. The van der Waals surface area contributed by atoms with Crippen LogP contribution in [0.5, 0.6) is 11.6 Å². The van der Waals surface area contributed by atoms with Gasteiger partial charge < -0.3 is 14.0 Å². The number of aromatic nitrogens is 3. The third kappa shape index (κ3) is 3.76. The van der Waals surface area contributed by atoms with E-state index in [0.29, 0.717) is 28.0 Å². The highest BCUT2D eigenvalue weighted by molar-refractivity contribution is 6.01. The molecule has 4 rings (SSSR count). The molecule has 2 aromatic heterocycles. The maximum Gasteiger partial charge on any atom is 0.422 e. The second-order valence-corrected chi connectivity index (χ2v) is 6.20. The van der Waals surface area contributed by atoms with Crippen molar-refractivity contribution in [3.63, 3.8) is 0 Å². The van der Waals surface area contributed by atoms with Crippen LogP contribution in [0, 0.1) is 5.82 Å². The number of fused-ring (bicyclic) bond motifs is 1. The minimum atomic E-state index is -4.53.